The van der Waals surface area contributed by atoms with Crippen molar-refractivity contribution >= 4 is 17.6 Å². The van der Waals surface area contributed by atoms with E-state index in [1.165, 1.54) is 31.2 Å². The highest BCUT2D eigenvalue weighted by Gasteiger charge is 2.66. The third-order valence-electron chi connectivity index (χ3n) is 6.23. The Labute approximate surface area is 149 Å². The number of halogens is 1. The molecule has 2 aliphatic carbocycles. The maximum absolute atomic E-state index is 6.02. The maximum Gasteiger partial charge on any atom is 0.193 e. The van der Waals surface area contributed by atoms with E-state index in [0.29, 0.717) is 23.5 Å². The zero-order chi connectivity index (χ0) is 16.7. The molecule has 4 rings (SSSR count). The van der Waals surface area contributed by atoms with E-state index in [1.807, 2.05) is 19.2 Å². The highest BCUT2D eigenvalue weighted by molar-refractivity contribution is 6.30. The van der Waals surface area contributed by atoms with E-state index >= 15 is 0 Å². The summed E-state index contributed by atoms with van der Waals surface area (Å²) in [5, 5.41) is 4.54. The van der Waals surface area contributed by atoms with Gasteiger partial charge in [-0.1, -0.05) is 30.2 Å². The summed E-state index contributed by atoms with van der Waals surface area (Å²) in [4.78, 5) is 6.72. The third-order valence-corrected chi connectivity index (χ3v) is 6.48. The van der Waals surface area contributed by atoms with E-state index in [2.05, 4.69) is 34.4 Å². The van der Waals surface area contributed by atoms with E-state index in [0.717, 1.165) is 24.1 Å². The second kappa shape index (κ2) is 6.23. The smallest absolute Gasteiger partial charge is 0.193 e. The van der Waals surface area contributed by atoms with E-state index in [1.54, 1.807) is 0 Å². The first-order valence-corrected chi connectivity index (χ1v) is 9.32. The van der Waals surface area contributed by atoms with E-state index in [9.17, 15) is 0 Å². The Morgan fingerprint density at radius 1 is 1.38 bits per heavy atom. The second-order valence-electron chi connectivity index (χ2n) is 7.48. The van der Waals surface area contributed by atoms with Crippen molar-refractivity contribution in [3.63, 3.8) is 0 Å². The van der Waals surface area contributed by atoms with Crippen molar-refractivity contribution in [1.82, 2.24) is 10.2 Å². The van der Waals surface area contributed by atoms with Crippen LogP contribution in [0.25, 0.3) is 0 Å². The lowest BCUT2D eigenvalue weighted by Gasteiger charge is -2.63. The fraction of sp³-hybridized carbons (Fsp3) is 0.632. The largest absolute Gasteiger partial charge is 0.377 e. The van der Waals surface area contributed by atoms with Crippen LogP contribution in [0, 0.1) is 11.3 Å². The molecular formula is C19H26ClN3O. The van der Waals surface area contributed by atoms with Gasteiger partial charge in [-0.15, -0.1) is 0 Å². The van der Waals surface area contributed by atoms with Crippen molar-refractivity contribution in [2.24, 2.45) is 16.3 Å². The van der Waals surface area contributed by atoms with Crippen molar-refractivity contribution < 1.29 is 4.74 Å². The monoisotopic (exact) mass is 347 g/mol. The summed E-state index contributed by atoms with van der Waals surface area (Å²) in [6, 6.07) is 8.55. The standard InChI is InChI=1S/C19H26ClN3O/c1-21-18(23(2)12-13-4-6-14(20)7-5-13)22-16-15-8-11-24-17(15)19(16)9-3-10-19/h4-7,15-17H,3,8-12H2,1-2H3,(H,21,22). The Morgan fingerprint density at radius 3 is 2.75 bits per heavy atom. The van der Waals surface area contributed by atoms with Crippen molar-refractivity contribution in [3.8, 4) is 0 Å². The Morgan fingerprint density at radius 2 is 2.12 bits per heavy atom. The molecule has 1 saturated heterocycles. The average Bonchev–Trinajstić information content (AvgIpc) is 2.94. The lowest BCUT2D eigenvalue weighted by molar-refractivity contribution is -0.171. The van der Waals surface area contributed by atoms with Crippen LogP contribution in [0.1, 0.15) is 31.2 Å². The topological polar surface area (TPSA) is 36.9 Å². The minimum Gasteiger partial charge on any atom is -0.377 e. The van der Waals surface area contributed by atoms with E-state index in [4.69, 9.17) is 16.3 Å². The van der Waals surface area contributed by atoms with Gasteiger partial charge in [-0.25, -0.2) is 0 Å². The van der Waals surface area contributed by atoms with Crippen LogP contribution in [0.15, 0.2) is 29.3 Å². The number of rotatable bonds is 3. The van der Waals surface area contributed by atoms with Gasteiger partial charge in [-0.3, -0.25) is 4.99 Å². The van der Waals surface area contributed by atoms with Crippen LogP contribution in [0.3, 0.4) is 0 Å². The minimum absolute atomic E-state index is 0.373. The molecule has 0 amide bonds. The highest BCUT2D eigenvalue weighted by Crippen LogP contribution is 2.62. The van der Waals surface area contributed by atoms with Crippen LogP contribution in [0.5, 0.6) is 0 Å². The van der Waals surface area contributed by atoms with Gasteiger partial charge in [0.1, 0.15) is 0 Å². The quantitative estimate of drug-likeness (QED) is 0.673. The van der Waals surface area contributed by atoms with Crippen molar-refractivity contribution in [2.75, 3.05) is 20.7 Å². The van der Waals surface area contributed by atoms with Crippen LogP contribution < -0.4 is 5.32 Å². The van der Waals surface area contributed by atoms with Gasteiger partial charge in [-0.05, 0) is 37.0 Å². The fourth-order valence-corrected chi connectivity index (χ4v) is 5.00. The summed E-state index contributed by atoms with van der Waals surface area (Å²) in [5.41, 5.74) is 1.61. The van der Waals surface area contributed by atoms with Gasteiger partial charge in [0.15, 0.2) is 5.96 Å². The summed E-state index contributed by atoms with van der Waals surface area (Å²) in [5.74, 6) is 1.64. The average molecular weight is 348 g/mol. The van der Waals surface area contributed by atoms with Crippen LogP contribution in [0.4, 0.5) is 0 Å². The van der Waals surface area contributed by atoms with Gasteiger partial charge < -0.3 is 15.0 Å². The normalized spacial score (nSPS) is 30.5. The molecule has 1 heterocycles. The summed E-state index contributed by atoms with van der Waals surface area (Å²) >= 11 is 5.98. The van der Waals surface area contributed by atoms with Gasteiger partial charge >= 0.3 is 0 Å². The molecule has 1 spiro atoms. The molecule has 130 valence electrons. The van der Waals surface area contributed by atoms with E-state index in [-0.39, 0.29) is 0 Å². The number of nitrogens with zero attached hydrogens (tertiary/aromatic N) is 2. The van der Waals surface area contributed by atoms with Crippen molar-refractivity contribution in [1.29, 1.82) is 0 Å². The Balaban J connectivity index is 1.43. The first kappa shape index (κ1) is 16.2. The van der Waals surface area contributed by atoms with Gasteiger partial charge in [0.25, 0.3) is 0 Å². The third kappa shape index (κ3) is 2.51. The SMILES string of the molecule is CN=C(NC1C2CCOC2C12CCC2)N(C)Cc1ccc(Cl)cc1. The molecule has 0 aromatic heterocycles. The predicted octanol–water partition coefficient (Wildman–Crippen LogP) is 3.30. The van der Waals surface area contributed by atoms with Crippen molar-refractivity contribution in [2.45, 2.75) is 44.4 Å². The summed E-state index contributed by atoms with van der Waals surface area (Å²) in [6.07, 6.45) is 5.60. The van der Waals surface area contributed by atoms with Crippen LogP contribution >= 0.6 is 11.6 Å². The zero-order valence-corrected chi connectivity index (χ0v) is 15.2. The first-order chi connectivity index (χ1) is 11.6. The van der Waals surface area contributed by atoms with Gasteiger partial charge in [0.2, 0.25) is 0 Å². The fourth-order valence-electron chi connectivity index (χ4n) is 4.88. The molecular weight excluding hydrogens is 322 g/mol. The van der Waals surface area contributed by atoms with Crippen LogP contribution in [0.2, 0.25) is 5.02 Å². The molecule has 5 heteroatoms. The number of fused-ring (bicyclic) bond motifs is 2. The number of hydrogen-bond donors (Lipinski definition) is 1. The lowest BCUT2D eigenvalue weighted by atomic mass is 9.46. The summed E-state index contributed by atoms with van der Waals surface area (Å²) in [7, 11) is 3.97. The molecule has 3 aliphatic rings. The summed E-state index contributed by atoms with van der Waals surface area (Å²) in [6.45, 7) is 1.75. The minimum atomic E-state index is 0.373. The second-order valence-corrected chi connectivity index (χ2v) is 7.92. The Kier molecular flexibility index (Phi) is 4.21. The molecule has 24 heavy (non-hydrogen) atoms. The molecule has 2 saturated carbocycles. The first-order valence-electron chi connectivity index (χ1n) is 8.94. The molecule has 1 aromatic carbocycles. The number of ether oxygens (including phenoxy) is 1. The van der Waals surface area contributed by atoms with E-state index < -0.39 is 0 Å². The molecule has 4 nitrogen and oxygen atoms in total. The molecule has 3 fully saturated rings. The number of nitrogens with one attached hydrogen (secondary N) is 1. The molecule has 0 bridgehead atoms. The van der Waals surface area contributed by atoms with Gasteiger partial charge in [0.05, 0.1) is 6.10 Å². The maximum atomic E-state index is 6.02. The van der Waals surface area contributed by atoms with Crippen LogP contribution in [-0.4, -0.2) is 43.7 Å². The molecule has 1 N–H and O–H groups in total. The molecule has 0 radical (unpaired) electrons. The molecule has 1 aromatic rings. The van der Waals surface area contributed by atoms with Crippen LogP contribution in [-0.2, 0) is 11.3 Å². The predicted molar refractivity (Wildman–Crippen MR) is 97.3 cm³/mol. The Bertz CT molecular complexity index is 626. The summed E-state index contributed by atoms with van der Waals surface area (Å²) < 4.78 is 6.02. The lowest BCUT2D eigenvalue weighted by Crippen LogP contribution is -2.72. The molecule has 1 aliphatic heterocycles. The zero-order valence-electron chi connectivity index (χ0n) is 14.5. The number of benzene rings is 1. The molecule has 3 unspecified atom stereocenters. The number of aliphatic imine (C=N–C) groups is 1. The number of hydrogen-bond acceptors (Lipinski definition) is 2. The number of guanidine groups is 1. The highest BCUT2D eigenvalue weighted by atomic mass is 35.5. The van der Waals surface area contributed by atoms with Crippen molar-refractivity contribution in [3.05, 3.63) is 34.9 Å². The van der Waals surface area contributed by atoms with Gasteiger partial charge in [-0.2, -0.15) is 0 Å². The Hall–Kier alpha value is -1.26. The van der Waals surface area contributed by atoms with Gasteiger partial charge in [0, 0.05) is 49.6 Å². The molecule has 3 atom stereocenters.